The maximum absolute atomic E-state index is 12.5. The zero-order chi connectivity index (χ0) is 32.9. The first-order valence-corrected chi connectivity index (χ1v) is 19.2. The lowest BCUT2D eigenvalue weighted by Gasteiger charge is -2.18. The lowest BCUT2D eigenvalue weighted by Crippen LogP contribution is -2.37. The Kier molecular flexibility index (Phi) is 35.7. The van der Waals surface area contributed by atoms with Crippen LogP contribution in [-0.4, -0.2) is 41.4 Å². The van der Waals surface area contributed by atoms with Crippen molar-refractivity contribution in [3.05, 3.63) is 48.6 Å². The largest absolute Gasteiger partial charge is 0.393 e. The highest BCUT2D eigenvalue weighted by Crippen LogP contribution is 2.15. The number of unbranched alkanes of at least 4 members (excludes halogenated alkanes) is 19. The maximum atomic E-state index is 12.5. The molecule has 0 aliphatic carbocycles. The zero-order valence-electron chi connectivity index (χ0n) is 29.8. The number of aliphatic hydroxyl groups excluding tert-OH is 2. The molecule has 0 saturated carbocycles. The minimum atomic E-state index is -1.03. The molecule has 0 radical (unpaired) electrons. The second kappa shape index (κ2) is 37.0. The van der Waals surface area contributed by atoms with Gasteiger partial charge in [-0.3, -0.25) is 4.79 Å². The van der Waals surface area contributed by atoms with Crippen LogP contribution >= 0.6 is 0 Å². The van der Waals surface area contributed by atoms with Gasteiger partial charge >= 0.3 is 0 Å². The summed E-state index contributed by atoms with van der Waals surface area (Å²) in [7, 11) is 0. The Morgan fingerprint density at radius 1 is 0.533 bits per heavy atom. The van der Waals surface area contributed by atoms with E-state index >= 15 is 0 Å². The van der Waals surface area contributed by atoms with Gasteiger partial charge in [0.15, 0.2) is 5.78 Å². The van der Waals surface area contributed by atoms with Crippen LogP contribution in [0.25, 0.3) is 0 Å². The van der Waals surface area contributed by atoms with Crippen molar-refractivity contribution in [2.75, 3.05) is 13.2 Å². The van der Waals surface area contributed by atoms with Crippen molar-refractivity contribution in [2.45, 2.75) is 193 Å². The second-order valence-corrected chi connectivity index (χ2v) is 12.8. The molecule has 0 rings (SSSR count). The summed E-state index contributed by atoms with van der Waals surface area (Å²) < 4.78 is 5.63. The number of ether oxygens (including phenoxy) is 1. The van der Waals surface area contributed by atoms with E-state index in [2.05, 4.69) is 62.5 Å². The monoisotopic (exact) mass is 631 g/mol. The Hall–Kier alpha value is -1.49. The Labute approximate surface area is 279 Å². The Morgan fingerprint density at radius 2 is 0.911 bits per heavy atom. The normalized spacial score (nSPS) is 13.7. The number of rotatable bonds is 35. The summed E-state index contributed by atoms with van der Waals surface area (Å²) in [6.45, 7) is 4.57. The number of aliphatic hydroxyl groups is 2. The molecule has 0 aliphatic rings. The molecule has 0 bridgehead atoms. The molecule has 0 saturated heterocycles. The molecule has 0 heterocycles. The number of ketones is 1. The van der Waals surface area contributed by atoms with E-state index in [4.69, 9.17) is 4.74 Å². The predicted molar refractivity (Wildman–Crippen MR) is 196 cm³/mol. The van der Waals surface area contributed by atoms with Crippen LogP contribution in [0.15, 0.2) is 48.6 Å². The van der Waals surface area contributed by atoms with Crippen molar-refractivity contribution >= 4 is 5.78 Å². The first kappa shape index (κ1) is 43.5. The molecule has 0 spiro atoms. The fourth-order valence-electron chi connectivity index (χ4n) is 5.44. The van der Waals surface area contributed by atoms with Crippen LogP contribution in [0.1, 0.15) is 181 Å². The highest BCUT2D eigenvalue weighted by molar-refractivity contribution is 5.87. The van der Waals surface area contributed by atoms with Gasteiger partial charge in [0.2, 0.25) is 0 Å². The maximum Gasteiger partial charge on any atom is 0.192 e. The van der Waals surface area contributed by atoms with Crippen molar-refractivity contribution in [1.82, 2.24) is 0 Å². The highest BCUT2D eigenvalue weighted by Gasteiger charge is 2.25. The van der Waals surface area contributed by atoms with E-state index in [1.807, 2.05) is 0 Å². The minimum Gasteiger partial charge on any atom is -0.393 e. The quantitative estimate of drug-likeness (QED) is 0.0540. The van der Waals surface area contributed by atoms with Crippen molar-refractivity contribution in [3.8, 4) is 0 Å². The van der Waals surface area contributed by atoms with Gasteiger partial charge in [-0.15, -0.1) is 0 Å². The summed E-state index contributed by atoms with van der Waals surface area (Å²) in [6, 6.07) is 0. The predicted octanol–water partition coefficient (Wildman–Crippen LogP) is 11.7. The Balaban J connectivity index is 3.67. The van der Waals surface area contributed by atoms with Crippen LogP contribution in [0.3, 0.4) is 0 Å². The topological polar surface area (TPSA) is 66.8 Å². The zero-order valence-corrected chi connectivity index (χ0v) is 29.8. The fraction of sp³-hybridized carbons (Fsp3) is 0.780. The number of hydrogen-bond donors (Lipinski definition) is 2. The van der Waals surface area contributed by atoms with Gasteiger partial charge in [0.05, 0.1) is 6.61 Å². The summed E-state index contributed by atoms with van der Waals surface area (Å²) in [4.78, 5) is 12.5. The molecular formula is C41H74O4. The third-order valence-corrected chi connectivity index (χ3v) is 8.43. The molecule has 4 nitrogen and oxygen atoms in total. The SMILES string of the molecule is CCCCCC=CCC=CCC=CCC=CCCCCO[C@@H](CO)C(=O)C(O)CCCCCCCCCCCCCCCCC. The van der Waals surface area contributed by atoms with Gasteiger partial charge in [0.25, 0.3) is 0 Å². The molecular weight excluding hydrogens is 556 g/mol. The molecule has 2 N–H and O–H groups in total. The van der Waals surface area contributed by atoms with Gasteiger partial charge in [-0.05, 0) is 57.8 Å². The van der Waals surface area contributed by atoms with E-state index in [-0.39, 0.29) is 12.4 Å². The molecule has 0 amide bonds. The molecule has 0 aromatic carbocycles. The molecule has 0 fully saturated rings. The molecule has 262 valence electrons. The smallest absolute Gasteiger partial charge is 0.192 e. The lowest BCUT2D eigenvalue weighted by atomic mass is 10.0. The summed E-state index contributed by atoms with van der Waals surface area (Å²) >= 11 is 0. The third kappa shape index (κ3) is 32.2. The molecule has 0 aromatic rings. The molecule has 45 heavy (non-hydrogen) atoms. The van der Waals surface area contributed by atoms with Crippen molar-refractivity contribution < 1.29 is 19.7 Å². The van der Waals surface area contributed by atoms with Crippen LogP contribution in [0.5, 0.6) is 0 Å². The highest BCUT2D eigenvalue weighted by atomic mass is 16.5. The fourth-order valence-corrected chi connectivity index (χ4v) is 5.44. The van der Waals surface area contributed by atoms with Crippen molar-refractivity contribution in [1.29, 1.82) is 0 Å². The number of Topliss-reactive ketones (excluding diaryl/α,β-unsaturated/α-hetero) is 1. The molecule has 4 heteroatoms. The Morgan fingerprint density at radius 3 is 1.36 bits per heavy atom. The van der Waals surface area contributed by atoms with E-state index in [0.717, 1.165) is 57.8 Å². The van der Waals surface area contributed by atoms with Crippen LogP contribution in [0, 0.1) is 0 Å². The lowest BCUT2D eigenvalue weighted by molar-refractivity contribution is -0.142. The van der Waals surface area contributed by atoms with Gasteiger partial charge < -0.3 is 14.9 Å². The van der Waals surface area contributed by atoms with Gasteiger partial charge in [-0.2, -0.15) is 0 Å². The third-order valence-electron chi connectivity index (χ3n) is 8.43. The van der Waals surface area contributed by atoms with Gasteiger partial charge in [-0.25, -0.2) is 0 Å². The van der Waals surface area contributed by atoms with E-state index < -0.39 is 12.2 Å². The van der Waals surface area contributed by atoms with Crippen molar-refractivity contribution in [2.24, 2.45) is 0 Å². The molecule has 0 aromatic heterocycles. The molecule has 0 aliphatic heterocycles. The number of carbonyl (C=O) groups is 1. The molecule has 2 atom stereocenters. The second-order valence-electron chi connectivity index (χ2n) is 12.8. The Bertz CT molecular complexity index is 723. The minimum absolute atomic E-state index is 0.369. The summed E-state index contributed by atoms with van der Waals surface area (Å²) in [5.74, 6) is -0.372. The van der Waals surface area contributed by atoms with Gasteiger partial charge in [0, 0.05) is 6.61 Å². The van der Waals surface area contributed by atoms with E-state index in [1.165, 1.54) is 103 Å². The number of hydrogen-bond acceptors (Lipinski definition) is 4. The van der Waals surface area contributed by atoms with Crippen LogP contribution in [-0.2, 0) is 9.53 Å². The van der Waals surface area contributed by atoms with Gasteiger partial charge in [0.1, 0.15) is 12.2 Å². The number of allylic oxidation sites excluding steroid dienone is 8. The first-order valence-electron chi connectivity index (χ1n) is 19.2. The number of carbonyl (C=O) groups excluding carboxylic acids is 1. The average molecular weight is 631 g/mol. The van der Waals surface area contributed by atoms with Crippen molar-refractivity contribution in [3.63, 3.8) is 0 Å². The van der Waals surface area contributed by atoms with Crippen LogP contribution < -0.4 is 0 Å². The summed E-state index contributed by atoms with van der Waals surface area (Å²) in [6.07, 6.45) is 46.6. The average Bonchev–Trinajstić information content (AvgIpc) is 3.05. The standard InChI is InChI=1S/C41H74O4/c1-3-5-7-9-11-13-15-17-19-20-21-23-25-27-29-31-33-35-37-45-40(38-42)41(44)39(43)36-34-32-30-28-26-24-22-18-16-14-12-10-8-6-4-2/h11,13,17,19,21,23,27,29,39-40,42-43H,3-10,12,14-16,18,20,22,24-26,28,30-38H2,1-2H3/t39?,40-/m0/s1. The van der Waals surface area contributed by atoms with E-state index in [9.17, 15) is 15.0 Å². The van der Waals surface area contributed by atoms with Crippen LogP contribution in [0.4, 0.5) is 0 Å². The van der Waals surface area contributed by atoms with Crippen LogP contribution in [0.2, 0.25) is 0 Å². The van der Waals surface area contributed by atoms with E-state index in [1.54, 1.807) is 0 Å². The van der Waals surface area contributed by atoms with Gasteiger partial charge in [-0.1, -0.05) is 172 Å². The summed E-state index contributed by atoms with van der Waals surface area (Å²) in [5, 5.41) is 19.9. The van der Waals surface area contributed by atoms with E-state index in [0.29, 0.717) is 13.0 Å². The summed E-state index contributed by atoms with van der Waals surface area (Å²) in [5.41, 5.74) is 0. The molecule has 1 unspecified atom stereocenters. The first-order chi connectivity index (χ1) is 22.2.